The summed E-state index contributed by atoms with van der Waals surface area (Å²) in [5.41, 5.74) is 6.50. The largest absolute Gasteiger partial charge is 0.490 e. The van der Waals surface area contributed by atoms with Crippen LogP contribution in [0, 0.1) is 28.6 Å². The van der Waals surface area contributed by atoms with E-state index in [2.05, 4.69) is 10.6 Å². The van der Waals surface area contributed by atoms with Crippen molar-refractivity contribution in [2.24, 2.45) is 28.9 Å². The van der Waals surface area contributed by atoms with Crippen LogP contribution in [0.5, 0.6) is 0 Å². The molecular weight excluding hydrogens is 655 g/mol. The first-order valence-corrected chi connectivity index (χ1v) is 15.9. The number of amides is 3. The van der Waals surface area contributed by atoms with Crippen LogP contribution in [0.1, 0.15) is 68.9 Å². The molecule has 0 unspecified atom stereocenters. The standard InChI is InChI=1S/C30H39N5O7.C2HF3O2/c31-26(32)20-3-1-16(2-4-20)10-24(36)33-21-5-6-35(28(21)40)23(11-25(37)38)27(39)34-22(29(41)42)15-30-12-17-7-18(13-30)9-19(8-17)14-30;3-2(4,5)1(6)7/h1-4,17-19,21-23H,5-15H2,(H3,31,32)(H,33,36)(H,34,39)(H,37,38)(H,41,42);(H,6,7)/t17?,18?,19?,21-,22-,23-,30?;/m0./s1. The van der Waals surface area contributed by atoms with Crippen LogP contribution in [0.25, 0.3) is 0 Å². The zero-order valence-electron chi connectivity index (χ0n) is 26.5. The van der Waals surface area contributed by atoms with Crippen molar-refractivity contribution in [3.05, 3.63) is 35.4 Å². The number of amidine groups is 1. The Balaban J connectivity index is 0.000000698. The van der Waals surface area contributed by atoms with Crippen molar-refractivity contribution in [3.63, 3.8) is 0 Å². The molecule has 3 amide bonds. The summed E-state index contributed by atoms with van der Waals surface area (Å²) in [4.78, 5) is 73.3. The molecule has 0 aromatic heterocycles. The first-order chi connectivity index (χ1) is 22.9. The molecule has 0 spiro atoms. The van der Waals surface area contributed by atoms with Gasteiger partial charge in [0.2, 0.25) is 17.7 Å². The lowest BCUT2D eigenvalue weighted by atomic mass is 9.48. The molecule has 4 aliphatic carbocycles. The van der Waals surface area contributed by atoms with E-state index in [1.54, 1.807) is 24.3 Å². The van der Waals surface area contributed by atoms with Gasteiger partial charge in [0, 0.05) is 12.1 Å². The SMILES string of the molecule is N=C(N)c1ccc(CC(=O)N[C@H]2CCN([C@@H](CC(=O)O)C(=O)N[C@@H](CC34CC5CC(CC(C5)C3)C4)C(=O)O)C2=O)cc1.O=C(O)C(F)(F)F. The number of hydrogen-bond donors (Lipinski definition) is 7. The van der Waals surface area contributed by atoms with Gasteiger partial charge in [-0.25, -0.2) is 9.59 Å². The van der Waals surface area contributed by atoms with Gasteiger partial charge in [0.1, 0.15) is 24.0 Å². The lowest BCUT2D eigenvalue weighted by Crippen LogP contribution is -2.56. The zero-order chi connectivity index (χ0) is 36.3. The third-order valence-electron chi connectivity index (χ3n) is 9.91. The summed E-state index contributed by atoms with van der Waals surface area (Å²) in [6, 6.07) is 3.07. The van der Waals surface area contributed by atoms with Crippen molar-refractivity contribution in [1.29, 1.82) is 5.41 Å². The van der Waals surface area contributed by atoms with E-state index in [1.807, 2.05) is 0 Å². The molecule has 17 heteroatoms. The molecule has 8 N–H and O–H groups in total. The van der Waals surface area contributed by atoms with E-state index < -0.39 is 66.4 Å². The Bertz CT molecular complexity index is 1450. The molecule has 268 valence electrons. The highest BCUT2D eigenvalue weighted by Crippen LogP contribution is 2.61. The fourth-order valence-corrected chi connectivity index (χ4v) is 8.33. The summed E-state index contributed by atoms with van der Waals surface area (Å²) in [5.74, 6) is -5.30. The molecule has 3 atom stereocenters. The minimum Gasteiger partial charge on any atom is -0.481 e. The highest BCUT2D eigenvalue weighted by molar-refractivity contribution is 5.97. The van der Waals surface area contributed by atoms with E-state index in [0.29, 0.717) is 35.3 Å². The summed E-state index contributed by atoms with van der Waals surface area (Å²) in [6.07, 6.45) is 1.19. The van der Waals surface area contributed by atoms with Crippen LogP contribution in [0.2, 0.25) is 0 Å². The second-order valence-corrected chi connectivity index (χ2v) is 13.7. The van der Waals surface area contributed by atoms with Crippen molar-refractivity contribution in [1.82, 2.24) is 15.5 Å². The second kappa shape index (κ2) is 14.8. The number of carboxylic acids is 3. The number of rotatable bonds is 12. The smallest absolute Gasteiger partial charge is 0.481 e. The molecule has 6 rings (SSSR count). The first kappa shape index (κ1) is 37.1. The predicted octanol–water partition coefficient (Wildman–Crippen LogP) is 1.88. The van der Waals surface area contributed by atoms with E-state index in [9.17, 15) is 47.4 Å². The number of nitrogens with zero attached hydrogens (tertiary/aromatic N) is 1. The number of alkyl halides is 3. The molecule has 4 saturated carbocycles. The van der Waals surface area contributed by atoms with Crippen molar-refractivity contribution >= 4 is 41.5 Å². The monoisotopic (exact) mass is 695 g/mol. The number of aliphatic carboxylic acids is 3. The highest BCUT2D eigenvalue weighted by Gasteiger charge is 2.52. The van der Waals surface area contributed by atoms with Crippen LogP contribution < -0.4 is 16.4 Å². The average molecular weight is 696 g/mol. The second-order valence-electron chi connectivity index (χ2n) is 13.7. The van der Waals surface area contributed by atoms with E-state index in [0.717, 1.165) is 24.2 Å². The zero-order valence-corrected chi connectivity index (χ0v) is 26.5. The number of likely N-dealkylation sites (tertiary alicyclic amines) is 1. The van der Waals surface area contributed by atoms with Gasteiger partial charge in [0.05, 0.1) is 12.8 Å². The minimum atomic E-state index is -5.08. The maximum atomic E-state index is 13.4. The molecular formula is C32H40F3N5O9. The fourth-order valence-electron chi connectivity index (χ4n) is 8.33. The number of carbonyl (C=O) groups is 6. The van der Waals surface area contributed by atoms with E-state index >= 15 is 0 Å². The quantitative estimate of drug-likeness (QED) is 0.124. The van der Waals surface area contributed by atoms with Crippen molar-refractivity contribution in [2.75, 3.05) is 6.54 Å². The molecule has 0 radical (unpaired) electrons. The maximum absolute atomic E-state index is 13.4. The van der Waals surface area contributed by atoms with Crippen molar-refractivity contribution in [3.8, 4) is 0 Å². The topological polar surface area (TPSA) is 240 Å². The Morgan fingerprint density at radius 1 is 0.980 bits per heavy atom. The molecule has 5 fully saturated rings. The number of halogens is 3. The molecule has 1 aliphatic heterocycles. The number of carboxylic acid groups (broad SMARTS) is 3. The fraction of sp³-hybridized carbons (Fsp3) is 0.594. The molecule has 1 saturated heterocycles. The average Bonchev–Trinajstić information content (AvgIpc) is 3.33. The summed E-state index contributed by atoms with van der Waals surface area (Å²) in [5, 5.41) is 39.4. The van der Waals surface area contributed by atoms with Gasteiger partial charge in [-0.3, -0.25) is 24.6 Å². The van der Waals surface area contributed by atoms with Gasteiger partial charge in [-0.15, -0.1) is 0 Å². The summed E-state index contributed by atoms with van der Waals surface area (Å²) in [6.45, 7) is 0.0508. The highest BCUT2D eigenvalue weighted by atomic mass is 19.4. The molecule has 14 nitrogen and oxygen atoms in total. The van der Waals surface area contributed by atoms with Gasteiger partial charge < -0.3 is 36.6 Å². The van der Waals surface area contributed by atoms with Crippen LogP contribution in [0.15, 0.2) is 24.3 Å². The number of nitrogen functional groups attached to an aromatic ring is 1. The van der Waals surface area contributed by atoms with E-state index in [1.165, 1.54) is 19.3 Å². The van der Waals surface area contributed by atoms with Gasteiger partial charge >= 0.3 is 24.1 Å². The van der Waals surface area contributed by atoms with Gasteiger partial charge in [-0.1, -0.05) is 24.3 Å². The van der Waals surface area contributed by atoms with E-state index in [-0.39, 0.29) is 30.6 Å². The van der Waals surface area contributed by atoms with Gasteiger partial charge in [-0.05, 0) is 80.1 Å². The number of nitrogens with two attached hydrogens (primary N) is 1. The van der Waals surface area contributed by atoms with Crippen LogP contribution in [0.4, 0.5) is 13.2 Å². The summed E-state index contributed by atoms with van der Waals surface area (Å²) in [7, 11) is 0. The molecule has 5 aliphatic rings. The summed E-state index contributed by atoms with van der Waals surface area (Å²) >= 11 is 0. The predicted molar refractivity (Wildman–Crippen MR) is 164 cm³/mol. The first-order valence-electron chi connectivity index (χ1n) is 15.9. The molecule has 1 aromatic carbocycles. The van der Waals surface area contributed by atoms with Crippen molar-refractivity contribution in [2.45, 2.75) is 88.5 Å². The Labute approximate surface area is 279 Å². The molecule has 1 heterocycles. The Hall–Kier alpha value is -4.70. The summed E-state index contributed by atoms with van der Waals surface area (Å²) < 4.78 is 31.7. The molecule has 49 heavy (non-hydrogen) atoms. The lowest BCUT2D eigenvalue weighted by molar-refractivity contribution is -0.192. The Morgan fingerprint density at radius 2 is 1.51 bits per heavy atom. The molecule has 4 bridgehead atoms. The van der Waals surface area contributed by atoms with Crippen LogP contribution in [-0.4, -0.2) is 92.5 Å². The molecule has 1 aromatic rings. The van der Waals surface area contributed by atoms with Gasteiger partial charge in [0.25, 0.3) is 0 Å². The van der Waals surface area contributed by atoms with Crippen molar-refractivity contribution < 1.29 is 57.3 Å². The normalized spacial score (nSPS) is 26.6. The van der Waals surface area contributed by atoms with E-state index in [4.69, 9.17) is 21.0 Å². The number of carbonyl (C=O) groups excluding carboxylic acids is 3. The van der Waals surface area contributed by atoms with Gasteiger partial charge in [-0.2, -0.15) is 13.2 Å². The Morgan fingerprint density at radius 3 is 1.96 bits per heavy atom. The minimum absolute atomic E-state index is 0.0222. The number of benzene rings is 1. The third kappa shape index (κ3) is 9.47. The van der Waals surface area contributed by atoms with Crippen LogP contribution in [-0.2, 0) is 35.2 Å². The maximum Gasteiger partial charge on any atom is 0.490 e. The Kier molecular flexibility index (Phi) is 11.2. The number of nitrogens with one attached hydrogen (secondary N) is 3. The lowest BCUT2D eigenvalue weighted by Gasteiger charge is -2.57. The van der Waals surface area contributed by atoms with Gasteiger partial charge in [0.15, 0.2) is 0 Å². The van der Waals surface area contributed by atoms with Crippen LogP contribution >= 0.6 is 0 Å². The number of hydrogen-bond acceptors (Lipinski definition) is 7. The van der Waals surface area contributed by atoms with Crippen LogP contribution in [0.3, 0.4) is 0 Å². The third-order valence-corrected chi connectivity index (χ3v) is 9.91.